The minimum Gasteiger partial charge on any atom is -0.313 e. The van der Waals surface area contributed by atoms with Gasteiger partial charge in [0.1, 0.15) is 0 Å². The number of hydrogen-bond donors (Lipinski definition) is 1. The lowest BCUT2D eigenvalue weighted by molar-refractivity contribution is 0.383. The molecule has 0 amide bonds. The summed E-state index contributed by atoms with van der Waals surface area (Å²) in [5.74, 6) is 0. The molecule has 1 aromatic heterocycles. The standard InChI is InChI=1S/C11H18N2S/c1-9(11(2)4-5-11)12-6-3-10-13-7-8-14-10/h7-9,12H,3-6H2,1-2H3. The Bertz CT molecular complexity index is 277. The highest BCUT2D eigenvalue weighted by Crippen LogP contribution is 2.47. The van der Waals surface area contributed by atoms with Crippen molar-refractivity contribution in [1.82, 2.24) is 10.3 Å². The van der Waals surface area contributed by atoms with E-state index in [1.165, 1.54) is 17.8 Å². The highest BCUT2D eigenvalue weighted by molar-refractivity contribution is 7.09. The second-order valence-electron chi connectivity index (χ2n) is 4.51. The summed E-state index contributed by atoms with van der Waals surface area (Å²) in [6.45, 7) is 5.73. The summed E-state index contributed by atoms with van der Waals surface area (Å²) >= 11 is 1.75. The maximum absolute atomic E-state index is 4.27. The van der Waals surface area contributed by atoms with Crippen molar-refractivity contribution in [2.45, 2.75) is 39.2 Å². The number of nitrogens with zero attached hydrogens (tertiary/aromatic N) is 1. The van der Waals surface area contributed by atoms with Crippen LogP contribution in [0.25, 0.3) is 0 Å². The summed E-state index contributed by atoms with van der Waals surface area (Å²) in [4.78, 5) is 4.27. The minimum atomic E-state index is 0.586. The highest BCUT2D eigenvalue weighted by atomic mass is 32.1. The van der Waals surface area contributed by atoms with E-state index >= 15 is 0 Å². The van der Waals surface area contributed by atoms with Crippen molar-refractivity contribution >= 4 is 11.3 Å². The first-order chi connectivity index (χ1) is 6.71. The monoisotopic (exact) mass is 210 g/mol. The van der Waals surface area contributed by atoms with Crippen molar-refractivity contribution in [3.8, 4) is 0 Å². The molecule has 14 heavy (non-hydrogen) atoms. The van der Waals surface area contributed by atoms with E-state index in [1.807, 2.05) is 11.6 Å². The van der Waals surface area contributed by atoms with Gasteiger partial charge in [0.15, 0.2) is 0 Å². The van der Waals surface area contributed by atoms with Gasteiger partial charge in [0.25, 0.3) is 0 Å². The summed E-state index contributed by atoms with van der Waals surface area (Å²) in [6.07, 6.45) is 5.72. The van der Waals surface area contributed by atoms with Crippen molar-refractivity contribution in [3.63, 3.8) is 0 Å². The fraction of sp³-hybridized carbons (Fsp3) is 0.727. The van der Waals surface area contributed by atoms with Crippen LogP contribution in [0.1, 0.15) is 31.7 Å². The van der Waals surface area contributed by atoms with Gasteiger partial charge in [-0.05, 0) is 25.2 Å². The molecule has 0 aliphatic heterocycles. The van der Waals surface area contributed by atoms with Gasteiger partial charge in [0.05, 0.1) is 5.01 Å². The molecular weight excluding hydrogens is 192 g/mol. The van der Waals surface area contributed by atoms with Crippen molar-refractivity contribution in [2.75, 3.05) is 6.54 Å². The van der Waals surface area contributed by atoms with Gasteiger partial charge in [-0.1, -0.05) is 6.92 Å². The maximum Gasteiger partial charge on any atom is 0.0937 e. The molecule has 1 atom stereocenters. The maximum atomic E-state index is 4.27. The molecule has 1 N–H and O–H groups in total. The Balaban J connectivity index is 1.68. The molecule has 0 radical (unpaired) electrons. The molecule has 2 rings (SSSR count). The lowest BCUT2D eigenvalue weighted by Gasteiger charge is -2.19. The quantitative estimate of drug-likeness (QED) is 0.807. The van der Waals surface area contributed by atoms with E-state index in [9.17, 15) is 0 Å². The third-order valence-electron chi connectivity index (χ3n) is 3.36. The lowest BCUT2D eigenvalue weighted by atomic mass is 10.0. The molecule has 78 valence electrons. The zero-order chi connectivity index (χ0) is 10.0. The Morgan fingerprint density at radius 3 is 3.00 bits per heavy atom. The Labute approximate surface area is 89.8 Å². The minimum absolute atomic E-state index is 0.586. The van der Waals surface area contributed by atoms with Crippen LogP contribution in [-0.4, -0.2) is 17.6 Å². The van der Waals surface area contributed by atoms with Crippen molar-refractivity contribution in [1.29, 1.82) is 0 Å². The molecule has 2 nitrogen and oxygen atoms in total. The van der Waals surface area contributed by atoms with Crippen LogP contribution in [0.4, 0.5) is 0 Å². The normalized spacial score (nSPS) is 20.7. The Morgan fingerprint density at radius 1 is 1.64 bits per heavy atom. The second kappa shape index (κ2) is 3.99. The molecule has 1 unspecified atom stereocenters. The molecule has 1 heterocycles. The first kappa shape index (κ1) is 10.1. The number of nitrogens with one attached hydrogen (secondary N) is 1. The molecule has 0 saturated heterocycles. The van der Waals surface area contributed by atoms with Crippen LogP contribution in [-0.2, 0) is 6.42 Å². The molecule has 1 saturated carbocycles. The van der Waals surface area contributed by atoms with Gasteiger partial charge in [-0.3, -0.25) is 0 Å². The first-order valence-electron chi connectivity index (χ1n) is 5.32. The van der Waals surface area contributed by atoms with Gasteiger partial charge in [-0.15, -0.1) is 11.3 Å². The summed E-state index contributed by atoms with van der Waals surface area (Å²) in [5, 5.41) is 6.87. The molecule has 3 heteroatoms. The highest BCUT2D eigenvalue weighted by Gasteiger charge is 2.41. The van der Waals surface area contributed by atoms with Crippen molar-refractivity contribution in [3.05, 3.63) is 16.6 Å². The zero-order valence-electron chi connectivity index (χ0n) is 8.92. The van der Waals surface area contributed by atoms with Gasteiger partial charge in [0, 0.05) is 30.6 Å². The van der Waals surface area contributed by atoms with Crippen LogP contribution in [0.15, 0.2) is 11.6 Å². The first-order valence-corrected chi connectivity index (χ1v) is 6.20. The average Bonchev–Trinajstić information content (AvgIpc) is 2.73. The zero-order valence-corrected chi connectivity index (χ0v) is 9.73. The fourth-order valence-electron chi connectivity index (χ4n) is 1.65. The third-order valence-corrected chi connectivity index (χ3v) is 4.20. The molecule has 1 aromatic rings. The SMILES string of the molecule is CC(NCCc1nccs1)C1(C)CC1. The molecular formula is C11H18N2S. The van der Waals surface area contributed by atoms with Crippen LogP contribution in [0.3, 0.4) is 0 Å². The summed E-state index contributed by atoms with van der Waals surface area (Å²) in [6, 6.07) is 0.655. The molecule has 0 spiro atoms. The summed E-state index contributed by atoms with van der Waals surface area (Å²) in [5.41, 5.74) is 0.586. The molecule has 0 bridgehead atoms. The largest absolute Gasteiger partial charge is 0.313 e. The molecule has 1 fully saturated rings. The predicted octanol–water partition coefficient (Wildman–Crippen LogP) is 2.46. The third kappa shape index (κ3) is 2.34. The van der Waals surface area contributed by atoms with E-state index in [1.54, 1.807) is 11.3 Å². The van der Waals surface area contributed by atoms with E-state index in [0.717, 1.165) is 13.0 Å². The summed E-state index contributed by atoms with van der Waals surface area (Å²) < 4.78 is 0. The van der Waals surface area contributed by atoms with Gasteiger partial charge >= 0.3 is 0 Å². The smallest absolute Gasteiger partial charge is 0.0937 e. The summed E-state index contributed by atoms with van der Waals surface area (Å²) in [7, 11) is 0. The van der Waals surface area contributed by atoms with Crippen LogP contribution >= 0.6 is 11.3 Å². The Kier molecular flexibility index (Phi) is 2.88. The van der Waals surface area contributed by atoms with Crippen LogP contribution < -0.4 is 5.32 Å². The van der Waals surface area contributed by atoms with Gasteiger partial charge in [0.2, 0.25) is 0 Å². The van der Waals surface area contributed by atoms with Crippen molar-refractivity contribution in [2.24, 2.45) is 5.41 Å². The number of aromatic nitrogens is 1. The van der Waals surface area contributed by atoms with E-state index in [0.29, 0.717) is 11.5 Å². The molecule has 0 aromatic carbocycles. The molecule has 1 aliphatic carbocycles. The van der Waals surface area contributed by atoms with E-state index in [-0.39, 0.29) is 0 Å². The number of hydrogen-bond acceptors (Lipinski definition) is 3. The fourth-order valence-corrected chi connectivity index (χ4v) is 2.27. The van der Waals surface area contributed by atoms with Gasteiger partial charge < -0.3 is 5.32 Å². The second-order valence-corrected chi connectivity index (χ2v) is 5.48. The van der Waals surface area contributed by atoms with Crippen LogP contribution in [0, 0.1) is 5.41 Å². The Hall–Kier alpha value is -0.410. The van der Waals surface area contributed by atoms with Gasteiger partial charge in [-0.25, -0.2) is 4.98 Å². The van der Waals surface area contributed by atoms with Gasteiger partial charge in [-0.2, -0.15) is 0 Å². The number of thiazole rings is 1. The average molecular weight is 210 g/mol. The predicted molar refractivity (Wildman–Crippen MR) is 60.6 cm³/mol. The van der Waals surface area contributed by atoms with Crippen LogP contribution in [0.5, 0.6) is 0 Å². The topological polar surface area (TPSA) is 24.9 Å². The van der Waals surface area contributed by atoms with Crippen molar-refractivity contribution < 1.29 is 0 Å². The lowest BCUT2D eigenvalue weighted by Crippen LogP contribution is -2.34. The van der Waals surface area contributed by atoms with E-state index in [4.69, 9.17) is 0 Å². The van der Waals surface area contributed by atoms with Crippen LogP contribution in [0.2, 0.25) is 0 Å². The Morgan fingerprint density at radius 2 is 2.43 bits per heavy atom. The molecule has 1 aliphatic rings. The number of rotatable bonds is 5. The van der Waals surface area contributed by atoms with E-state index in [2.05, 4.69) is 24.1 Å². The van der Waals surface area contributed by atoms with E-state index < -0.39 is 0 Å².